The third-order valence-corrected chi connectivity index (χ3v) is 5.73. The van der Waals surface area contributed by atoms with E-state index in [1.54, 1.807) is 0 Å². The van der Waals surface area contributed by atoms with Crippen molar-refractivity contribution in [2.24, 2.45) is 0 Å². The van der Waals surface area contributed by atoms with Gasteiger partial charge in [-0.15, -0.1) is 0 Å². The Morgan fingerprint density at radius 2 is 1.20 bits per heavy atom. The van der Waals surface area contributed by atoms with Crippen molar-refractivity contribution < 1.29 is 0 Å². The van der Waals surface area contributed by atoms with Crippen LogP contribution in [-0.2, 0) is 0 Å². The molecule has 3 aromatic rings. The third-order valence-electron chi connectivity index (χ3n) is 5.73. The van der Waals surface area contributed by atoms with Gasteiger partial charge in [-0.1, -0.05) is 65.7 Å². The first-order valence-corrected chi connectivity index (χ1v) is 10.6. The molecule has 1 aliphatic rings. The summed E-state index contributed by atoms with van der Waals surface area (Å²) < 4.78 is 0. The molecule has 2 nitrogen and oxygen atoms in total. The maximum Gasteiger partial charge on any atom is 0.213 e. The fourth-order valence-corrected chi connectivity index (χ4v) is 4.75. The van der Waals surface area contributed by atoms with Crippen LogP contribution in [0.4, 0.5) is 11.4 Å². The summed E-state index contributed by atoms with van der Waals surface area (Å²) in [5.74, 6) is 0. The van der Waals surface area contributed by atoms with Gasteiger partial charge in [0.05, 0.1) is 6.54 Å². The average Bonchev–Trinajstić information content (AvgIpc) is 3.03. The average molecular weight is 395 g/mol. The summed E-state index contributed by atoms with van der Waals surface area (Å²) in [5, 5.41) is 0. The van der Waals surface area contributed by atoms with Crippen LogP contribution in [-0.4, -0.2) is 6.54 Å². The molecule has 30 heavy (non-hydrogen) atoms. The number of aryl methyl sites for hydroxylation is 6. The standard InChI is InChI=1S/C28H30N2/c1-19-12-21(3)27(22(4)13-19)29-17-26(16-25-10-8-7-9-11-25)30(18-29)28-23(5)14-20(2)15-24(28)6/h7-16H,17H2,1-6H3. The van der Waals surface area contributed by atoms with Crippen molar-refractivity contribution in [1.29, 1.82) is 0 Å². The number of nitrogens with zero attached hydrogens (tertiary/aromatic N) is 2. The third kappa shape index (κ3) is 3.87. The Morgan fingerprint density at radius 3 is 1.73 bits per heavy atom. The first-order valence-electron chi connectivity index (χ1n) is 10.6. The van der Waals surface area contributed by atoms with Gasteiger partial charge in [-0.25, -0.2) is 0 Å². The van der Waals surface area contributed by atoms with E-state index in [9.17, 15) is 0 Å². The normalized spacial score (nSPS) is 15.3. The Morgan fingerprint density at radius 1 is 0.700 bits per heavy atom. The second-order valence-electron chi connectivity index (χ2n) is 8.56. The molecule has 3 aromatic carbocycles. The predicted octanol–water partition coefficient (Wildman–Crippen LogP) is 6.90. The first-order chi connectivity index (χ1) is 14.3. The lowest BCUT2D eigenvalue weighted by Gasteiger charge is -2.25. The summed E-state index contributed by atoms with van der Waals surface area (Å²) >= 11 is 0. The minimum atomic E-state index is 0.798. The SMILES string of the molecule is Cc1cc(C)c(N2[C]N(c3c(C)cc(C)cc3C)C(=Cc3ccccc3)C2)c(C)c1. The predicted molar refractivity (Wildman–Crippen MR) is 129 cm³/mol. The lowest BCUT2D eigenvalue weighted by atomic mass is 10.0. The van der Waals surface area contributed by atoms with Gasteiger partial charge in [0.2, 0.25) is 6.67 Å². The molecule has 0 aromatic heterocycles. The molecule has 1 saturated heterocycles. The second-order valence-corrected chi connectivity index (χ2v) is 8.56. The summed E-state index contributed by atoms with van der Waals surface area (Å²) in [6.45, 7) is 17.6. The molecule has 0 saturated carbocycles. The van der Waals surface area contributed by atoms with Gasteiger partial charge in [0.1, 0.15) is 0 Å². The van der Waals surface area contributed by atoms with Gasteiger partial charge in [0.15, 0.2) is 0 Å². The van der Waals surface area contributed by atoms with E-state index in [0.717, 1.165) is 6.54 Å². The number of hydrogen-bond acceptors (Lipinski definition) is 2. The smallest absolute Gasteiger partial charge is 0.213 e. The largest absolute Gasteiger partial charge is 0.335 e. The first kappa shape index (κ1) is 20.3. The molecular weight excluding hydrogens is 364 g/mol. The van der Waals surface area contributed by atoms with Gasteiger partial charge in [-0.05, 0) is 75.4 Å². The van der Waals surface area contributed by atoms with Crippen LogP contribution in [0.3, 0.4) is 0 Å². The molecule has 0 aliphatic carbocycles. The minimum Gasteiger partial charge on any atom is -0.335 e. The summed E-state index contributed by atoms with van der Waals surface area (Å²) in [7, 11) is 0. The fourth-order valence-electron chi connectivity index (χ4n) is 4.75. The van der Waals surface area contributed by atoms with E-state index in [0.29, 0.717) is 0 Å². The van der Waals surface area contributed by atoms with Crippen molar-refractivity contribution in [1.82, 2.24) is 0 Å². The van der Waals surface area contributed by atoms with Crippen molar-refractivity contribution in [2.75, 3.05) is 16.3 Å². The maximum atomic E-state index is 3.69. The highest BCUT2D eigenvalue weighted by Crippen LogP contribution is 2.39. The Balaban J connectivity index is 1.82. The van der Waals surface area contributed by atoms with Crippen LogP contribution in [0.15, 0.2) is 60.3 Å². The Hall–Kier alpha value is -3.00. The molecule has 2 radical (unpaired) electrons. The molecule has 2 heteroatoms. The summed E-state index contributed by atoms with van der Waals surface area (Å²) in [4.78, 5) is 4.54. The molecule has 1 heterocycles. The molecule has 0 amide bonds. The molecule has 152 valence electrons. The van der Waals surface area contributed by atoms with Crippen LogP contribution in [0.25, 0.3) is 6.08 Å². The summed E-state index contributed by atoms with van der Waals surface area (Å²) in [6, 6.07) is 19.6. The zero-order valence-electron chi connectivity index (χ0n) is 18.9. The maximum absolute atomic E-state index is 3.69. The van der Waals surface area contributed by atoms with Crippen molar-refractivity contribution in [3.63, 3.8) is 0 Å². The Kier molecular flexibility index (Phi) is 5.42. The molecule has 0 bridgehead atoms. The van der Waals surface area contributed by atoms with Crippen molar-refractivity contribution in [2.45, 2.75) is 41.5 Å². The Labute approximate surface area is 181 Å². The van der Waals surface area contributed by atoms with Gasteiger partial charge in [0.25, 0.3) is 0 Å². The minimum absolute atomic E-state index is 0.798. The zero-order chi connectivity index (χ0) is 21.4. The van der Waals surface area contributed by atoms with Crippen LogP contribution >= 0.6 is 0 Å². The van der Waals surface area contributed by atoms with E-state index in [2.05, 4.69) is 119 Å². The number of hydrogen-bond donors (Lipinski definition) is 0. The van der Waals surface area contributed by atoms with Gasteiger partial charge >= 0.3 is 0 Å². The van der Waals surface area contributed by atoms with E-state index < -0.39 is 0 Å². The zero-order valence-corrected chi connectivity index (χ0v) is 18.9. The highest BCUT2D eigenvalue weighted by Gasteiger charge is 2.31. The number of rotatable bonds is 3. The monoisotopic (exact) mass is 394 g/mol. The van der Waals surface area contributed by atoms with Crippen LogP contribution < -0.4 is 9.80 Å². The molecule has 0 spiro atoms. The Bertz CT molecular complexity index is 1060. The van der Waals surface area contributed by atoms with Gasteiger partial charge in [0, 0.05) is 17.1 Å². The van der Waals surface area contributed by atoms with Crippen LogP contribution in [0.2, 0.25) is 0 Å². The van der Waals surface area contributed by atoms with Crippen LogP contribution in [0.1, 0.15) is 38.9 Å². The van der Waals surface area contributed by atoms with Gasteiger partial charge in [-0.2, -0.15) is 0 Å². The highest BCUT2D eigenvalue weighted by molar-refractivity contribution is 5.76. The van der Waals surface area contributed by atoms with Crippen molar-refractivity contribution in [3.05, 3.63) is 106 Å². The van der Waals surface area contributed by atoms with E-state index in [4.69, 9.17) is 0 Å². The molecule has 0 N–H and O–H groups in total. The summed E-state index contributed by atoms with van der Waals surface area (Å²) in [6.07, 6.45) is 2.28. The second kappa shape index (κ2) is 8.02. The van der Waals surface area contributed by atoms with E-state index in [1.807, 2.05) is 0 Å². The van der Waals surface area contributed by atoms with Gasteiger partial charge < -0.3 is 9.80 Å². The molecule has 1 aliphatic heterocycles. The lowest BCUT2D eigenvalue weighted by molar-refractivity contribution is 1.04. The van der Waals surface area contributed by atoms with Crippen LogP contribution in [0.5, 0.6) is 0 Å². The topological polar surface area (TPSA) is 6.48 Å². The van der Waals surface area contributed by atoms with Crippen LogP contribution in [0, 0.1) is 48.2 Å². The molecule has 1 fully saturated rings. The number of anilines is 2. The fraction of sp³-hybridized carbons (Fsp3) is 0.250. The number of benzene rings is 3. The van der Waals surface area contributed by atoms with Crippen molar-refractivity contribution in [3.8, 4) is 0 Å². The molecular formula is C28H30N2. The molecule has 4 rings (SSSR count). The van der Waals surface area contributed by atoms with E-state index >= 15 is 0 Å². The van der Waals surface area contributed by atoms with Gasteiger partial charge in [-0.3, -0.25) is 0 Å². The molecule has 0 atom stereocenters. The quantitative estimate of drug-likeness (QED) is 0.477. The van der Waals surface area contributed by atoms with Crippen molar-refractivity contribution >= 4 is 17.5 Å². The lowest BCUT2D eigenvalue weighted by Crippen LogP contribution is -2.21. The van der Waals surface area contributed by atoms with E-state index in [-0.39, 0.29) is 0 Å². The summed E-state index contributed by atoms with van der Waals surface area (Å²) in [5.41, 5.74) is 12.7. The van der Waals surface area contributed by atoms with E-state index in [1.165, 1.54) is 56.0 Å². The highest BCUT2D eigenvalue weighted by atomic mass is 15.4. The molecule has 0 unspecified atom stereocenters.